The van der Waals surface area contributed by atoms with Crippen molar-refractivity contribution in [1.29, 1.82) is 0 Å². The Labute approximate surface area is 65.8 Å². The molecule has 0 fully saturated rings. The first kappa shape index (κ1) is 8.55. The van der Waals surface area contributed by atoms with Crippen molar-refractivity contribution in [1.82, 2.24) is 5.32 Å². The molecule has 0 saturated heterocycles. The number of nitrogens with one attached hydrogen (secondary N) is 1. The minimum Gasteiger partial charge on any atom is -0.384 e. The van der Waals surface area contributed by atoms with Gasteiger partial charge in [-0.1, -0.05) is 6.08 Å². The molecule has 0 aromatic rings. The van der Waals surface area contributed by atoms with E-state index in [4.69, 9.17) is 0 Å². The van der Waals surface area contributed by atoms with E-state index < -0.39 is 15.3 Å². The third kappa shape index (κ3) is 1.94. The van der Waals surface area contributed by atoms with Crippen LogP contribution in [0, 0.1) is 0 Å². The highest BCUT2D eigenvalue weighted by atomic mass is 32.2. The molecule has 0 amide bonds. The molecule has 1 unspecified atom stereocenters. The second kappa shape index (κ2) is 2.83. The lowest BCUT2D eigenvalue weighted by Crippen LogP contribution is -2.39. The van der Waals surface area contributed by atoms with Crippen LogP contribution in [-0.2, 0) is 9.84 Å². The summed E-state index contributed by atoms with van der Waals surface area (Å²) in [7, 11) is -3.33. The van der Waals surface area contributed by atoms with Crippen molar-refractivity contribution >= 4 is 9.84 Å². The Hall–Kier alpha value is -0.550. The fraction of sp³-hybridized carbons (Fsp3) is 0.667. The van der Waals surface area contributed by atoms with E-state index in [0.717, 1.165) is 6.26 Å². The van der Waals surface area contributed by atoms with Gasteiger partial charge >= 0.3 is 0 Å². The molecule has 4 nitrogen and oxygen atoms in total. The van der Waals surface area contributed by atoms with Crippen LogP contribution in [0.4, 0.5) is 0 Å². The fourth-order valence-electron chi connectivity index (χ4n) is 0.971. The van der Waals surface area contributed by atoms with Gasteiger partial charge in [0.25, 0.3) is 0 Å². The summed E-state index contributed by atoms with van der Waals surface area (Å²) in [6.45, 7) is 0. The van der Waals surface area contributed by atoms with Crippen LogP contribution in [-0.4, -0.2) is 31.3 Å². The van der Waals surface area contributed by atoms with E-state index in [2.05, 4.69) is 5.32 Å². The predicted molar refractivity (Wildman–Crippen MR) is 41.5 cm³/mol. The van der Waals surface area contributed by atoms with Crippen molar-refractivity contribution in [2.45, 2.75) is 17.9 Å². The molecule has 0 spiro atoms. The molecule has 2 atom stereocenters. The summed E-state index contributed by atoms with van der Waals surface area (Å²) in [6, 6.07) is -0.370. The lowest BCUT2D eigenvalue weighted by molar-refractivity contribution is 0.211. The molecule has 0 radical (unpaired) electrons. The van der Waals surface area contributed by atoms with Gasteiger partial charge in [-0.05, 0) is 12.6 Å². The van der Waals surface area contributed by atoms with Crippen molar-refractivity contribution in [2.75, 3.05) is 6.26 Å². The Bertz CT molecular complexity index is 249. The largest absolute Gasteiger partial charge is 0.384 e. The lowest BCUT2D eigenvalue weighted by atomic mass is 10.3. The molecule has 1 heterocycles. The second-order valence-electron chi connectivity index (χ2n) is 2.63. The van der Waals surface area contributed by atoms with Gasteiger partial charge in [0, 0.05) is 6.26 Å². The average molecular weight is 177 g/mol. The Morgan fingerprint density at radius 3 is 2.73 bits per heavy atom. The molecule has 64 valence electrons. The van der Waals surface area contributed by atoms with E-state index in [0.29, 0.717) is 6.42 Å². The molecular formula is C6H11NO3S. The molecule has 11 heavy (non-hydrogen) atoms. The zero-order chi connectivity index (χ0) is 8.48. The van der Waals surface area contributed by atoms with E-state index in [1.165, 1.54) is 0 Å². The Morgan fingerprint density at radius 2 is 2.36 bits per heavy atom. The van der Waals surface area contributed by atoms with Crippen LogP contribution in [0.25, 0.3) is 0 Å². The first-order valence-corrected chi connectivity index (χ1v) is 5.25. The molecule has 1 aliphatic heterocycles. The molecule has 5 heteroatoms. The first-order valence-electron chi connectivity index (χ1n) is 3.30. The van der Waals surface area contributed by atoms with Crippen LogP contribution in [0.15, 0.2) is 12.3 Å². The van der Waals surface area contributed by atoms with Crippen LogP contribution >= 0.6 is 0 Å². The quantitative estimate of drug-likeness (QED) is 0.581. The maximum atomic E-state index is 10.8. The SMILES string of the molecule is CS(=O)(=O)C(O)[C@@H]1CC=CN1. The number of hydrogen-bond acceptors (Lipinski definition) is 4. The number of hydrogen-bond donors (Lipinski definition) is 2. The Morgan fingerprint density at radius 1 is 1.73 bits per heavy atom. The average Bonchev–Trinajstić information content (AvgIpc) is 2.34. The predicted octanol–water partition coefficient (Wildman–Crippen LogP) is -0.775. The molecule has 0 aliphatic carbocycles. The van der Waals surface area contributed by atoms with Crippen LogP contribution in [0.2, 0.25) is 0 Å². The molecule has 1 rings (SSSR count). The van der Waals surface area contributed by atoms with Gasteiger partial charge in [-0.2, -0.15) is 0 Å². The van der Waals surface area contributed by atoms with Gasteiger partial charge in [0.05, 0.1) is 6.04 Å². The van der Waals surface area contributed by atoms with Crippen LogP contribution in [0.3, 0.4) is 0 Å². The van der Waals surface area contributed by atoms with E-state index in [1.54, 1.807) is 12.3 Å². The smallest absolute Gasteiger partial charge is 0.176 e. The summed E-state index contributed by atoms with van der Waals surface area (Å²) in [6.07, 6.45) is 5.03. The number of aliphatic hydroxyl groups excluding tert-OH is 1. The number of rotatable bonds is 2. The standard InChI is InChI=1S/C6H11NO3S/c1-11(9,10)6(8)5-3-2-4-7-5/h2,4-8H,3H2,1H3/t5-,6?/m0/s1. The van der Waals surface area contributed by atoms with Gasteiger partial charge in [0.2, 0.25) is 0 Å². The van der Waals surface area contributed by atoms with Gasteiger partial charge in [-0.15, -0.1) is 0 Å². The van der Waals surface area contributed by atoms with Crippen molar-refractivity contribution in [3.8, 4) is 0 Å². The highest BCUT2D eigenvalue weighted by Gasteiger charge is 2.27. The molecule has 0 aromatic carbocycles. The minimum atomic E-state index is -3.33. The van der Waals surface area contributed by atoms with Crippen molar-refractivity contribution < 1.29 is 13.5 Å². The summed E-state index contributed by atoms with van der Waals surface area (Å²) in [4.78, 5) is 0. The van der Waals surface area contributed by atoms with Crippen LogP contribution < -0.4 is 5.32 Å². The number of sulfone groups is 1. The van der Waals surface area contributed by atoms with E-state index in [9.17, 15) is 13.5 Å². The highest BCUT2D eigenvalue weighted by molar-refractivity contribution is 7.91. The second-order valence-corrected chi connectivity index (χ2v) is 4.77. The first-order chi connectivity index (χ1) is 5.02. The summed E-state index contributed by atoms with van der Waals surface area (Å²) in [5, 5.41) is 11.9. The lowest BCUT2D eigenvalue weighted by Gasteiger charge is -2.16. The van der Waals surface area contributed by atoms with Crippen LogP contribution in [0.1, 0.15) is 6.42 Å². The summed E-state index contributed by atoms with van der Waals surface area (Å²) in [5.74, 6) is 0. The molecule has 0 bridgehead atoms. The van der Waals surface area contributed by atoms with E-state index in [-0.39, 0.29) is 6.04 Å². The van der Waals surface area contributed by atoms with Gasteiger partial charge in [0.1, 0.15) is 0 Å². The van der Waals surface area contributed by atoms with Crippen molar-refractivity contribution in [2.24, 2.45) is 0 Å². The maximum absolute atomic E-state index is 10.8. The van der Waals surface area contributed by atoms with Gasteiger partial charge in [-0.25, -0.2) is 8.42 Å². The molecule has 1 aliphatic rings. The molecule has 2 N–H and O–H groups in total. The van der Waals surface area contributed by atoms with Gasteiger partial charge in [-0.3, -0.25) is 0 Å². The molecule has 0 saturated carbocycles. The summed E-state index contributed by atoms with van der Waals surface area (Å²) < 4.78 is 21.6. The highest BCUT2D eigenvalue weighted by Crippen LogP contribution is 2.10. The fourth-order valence-corrected chi connectivity index (χ4v) is 1.76. The monoisotopic (exact) mass is 177 g/mol. The Balaban J connectivity index is 2.62. The third-order valence-electron chi connectivity index (χ3n) is 1.60. The van der Waals surface area contributed by atoms with E-state index >= 15 is 0 Å². The maximum Gasteiger partial charge on any atom is 0.176 e. The molecular weight excluding hydrogens is 166 g/mol. The minimum absolute atomic E-state index is 0.370. The Kier molecular flexibility index (Phi) is 2.20. The zero-order valence-corrected chi connectivity index (χ0v) is 7.00. The summed E-state index contributed by atoms with van der Waals surface area (Å²) >= 11 is 0. The van der Waals surface area contributed by atoms with Crippen LogP contribution in [0.5, 0.6) is 0 Å². The van der Waals surface area contributed by atoms with Crippen molar-refractivity contribution in [3.05, 3.63) is 12.3 Å². The zero-order valence-electron chi connectivity index (χ0n) is 6.19. The third-order valence-corrected chi connectivity index (χ3v) is 2.81. The molecule has 0 aromatic heterocycles. The van der Waals surface area contributed by atoms with Crippen molar-refractivity contribution in [3.63, 3.8) is 0 Å². The van der Waals surface area contributed by atoms with Gasteiger partial charge < -0.3 is 10.4 Å². The van der Waals surface area contributed by atoms with E-state index in [1.807, 2.05) is 0 Å². The summed E-state index contributed by atoms with van der Waals surface area (Å²) in [5.41, 5.74) is -1.29. The number of aliphatic hydroxyl groups is 1. The van der Waals surface area contributed by atoms with Gasteiger partial charge in [0.15, 0.2) is 15.3 Å². The topological polar surface area (TPSA) is 66.4 Å². The normalized spacial score (nSPS) is 26.5.